The molecule has 0 fully saturated rings. The number of anilines is 2. The molecule has 5 nitrogen and oxygen atoms in total. The van der Waals surface area contributed by atoms with E-state index in [9.17, 15) is 4.79 Å². The Labute approximate surface area is 167 Å². The van der Waals surface area contributed by atoms with Crippen molar-refractivity contribution in [1.29, 1.82) is 0 Å². The van der Waals surface area contributed by atoms with Gasteiger partial charge in [0.25, 0.3) is 0 Å². The van der Waals surface area contributed by atoms with Crippen LogP contribution in [0.3, 0.4) is 0 Å². The van der Waals surface area contributed by atoms with Gasteiger partial charge in [-0.2, -0.15) is 0 Å². The molecule has 2 aromatic carbocycles. The molecule has 1 aromatic heterocycles. The molecule has 0 aliphatic rings. The Balaban J connectivity index is 1.70. The molecular formula is C20H20N4OS2. The van der Waals surface area contributed by atoms with Crippen molar-refractivity contribution in [2.24, 2.45) is 0 Å². The number of hydrogen-bond donors (Lipinski definition) is 2. The summed E-state index contributed by atoms with van der Waals surface area (Å²) in [7, 11) is 0. The first-order chi connectivity index (χ1) is 13.0. The molecule has 7 heteroatoms. The molecule has 1 heterocycles. The second-order valence-corrected chi connectivity index (χ2v) is 8.30. The van der Waals surface area contributed by atoms with Gasteiger partial charge in [-0.05, 0) is 38.1 Å². The van der Waals surface area contributed by atoms with Crippen LogP contribution in [-0.2, 0) is 4.79 Å². The van der Waals surface area contributed by atoms with Crippen molar-refractivity contribution in [1.82, 2.24) is 9.97 Å². The molecule has 0 saturated carbocycles. The van der Waals surface area contributed by atoms with Crippen molar-refractivity contribution >= 4 is 40.9 Å². The third-order valence-electron chi connectivity index (χ3n) is 3.62. The lowest BCUT2D eigenvalue weighted by Gasteiger charge is -2.14. The molecular weight excluding hydrogens is 376 g/mol. The average molecular weight is 397 g/mol. The molecule has 3 N–H and O–H groups in total. The van der Waals surface area contributed by atoms with Gasteiger partial charge in [0.2, 0.25) is 5.91 Å². The van der Waals surface area contributed by atoms with Crippen LogP contribution in [0.25, 0.3) is 0 Å². The third kappa shape index (κ3) is 5.48. The van der Waals surface area contributed by atoms with Crippen LogP contribution in [-0.4, -0.2) is 21.1 Å². The summed E-state index contributed by atoms with van der Waals surface area (Å²) in [6.45, 7) is 3.68. The number of nitrogens with one attached hydrogen (secondary N) is 1. The lowest BCUT2D eigenvalue weighted by atomic mass is 10.3. The summed E-state index contributed by atoms with van der Waals surface area (Å²) in [5.74, 6) is 0.298. The molecule has 0 spiro atoms. The normalized spacial score (nSPS) is 11.8. The van der Waals surface area contributed by atoms with Crippen molar-refractivity contribution in [3.8, 4) is 0 Å². The van der Waals surface area contributed by atoms with Crippen molar-refractivity contribution in [2.45, 2.75) is 34.0 Å². The molecule has 0 radical (unpaired) electrons. The Hall–Kier alpha value is -2.51. The number of aromatic nitrogens is 2. The van der Waals surface area contributed by atoms with Crippen molar-refractivity contribution in [2.75, 3.05) is 11.1 Å². The van der Waals surface area contributed by atoms with E-state index in [2.05, 4.69) is 15.3 Å². The molecule has 0 bridgehead atoms. The SMILES string of the molecule is Cc1cc(N)nc(SC(C)C(=O)Nc2ccccc2Sc2ccccc2)n1. The number of hydrogen-bond acceptors (Lipinski definition) is 6. The van der Waals surface area contributed by atoms with E-state index in [4.69, 9.17) is 5.73 Å². The van der Waals surface area contributed by atoms with Gasteiger partial charge in [0.15, 0.2) is 5.16 Å². The first-order valence-electron chi connectivity index (χ1n) is 8.42. The van der Waals surface area contributed by atoms with Crippen LogP contribution in [0.15, 0.2) is 75.6 Å². The maximum Gasteiger partial charge on any atom is 0.237 e. The van der Waals surface area contributed by atoms with Crippen LogP contribution in [0.4, 0.5) is 11.5 Å². The van der Waals surface area contributed by atoms with Crippen LogP contribution < -0.4 is 11.1 Å². The highest BCUT2D eigenvalue weighted by atomic mass is 32.2. The smallest absolute Gasteiger partial charge is 0.237 e. The van der Waals surface area contributed by atoms with Gasteiger partial charge in [0, 0.05) is 21.6 Å². The van der Waals surface area contributed by atoms with E-state index >= 15 is 0 Å². The number of thioether (sulfide) groups is 1. The summed E-state index contributed by atoms with van der Waals surface area (Å²) in [5.41, 5.74) is 7.33. The van der Waals surface area contributed by atoms with Gasteiger partial charge in [0.05, 0.1) is 10.9 Å². The predicted octanol–water partition coefficient (Wildman–Crippen LogP) is 4.64. The van der Waals surface area contributed by atoms with E-state index in [1.807, 2.05) is 68.4 Å². The topological polar surface area (TPSA) is 80.9 Å². The maximum absolute atomic E-state index is 12.7. The molecule has 0 saturated heterocycles. The predicted molar refractivity (Wildman–Crippen MR) is 112 cm³/mol. The Morgan fingerprint density at radius 2 is 1.78 bits per heavy atom. The molecule has 138 valence electrons. The average Bonchev–Trinajstić information content (AvgIpc) is 2.63. The minimum atomic E-state index is -0.360. The fraction of sp³-hybridized carbons (Fsp3) is 0.150. The first-order valence-corrected chi connectivity index (χ1v) is 10.1. The molecule has 1 atom stereocenters. The molecule has 1 amide bonds. The van der Waals surface area contributed by atoms with Gasteiger partial charge in [-0.25, -0.2) is 9.97 Å². The largest absolute Gasteiger partial charge is 0.384 e. The zero-order valence-corrected chi connectivity index (χ0v) is 16.7. The van der Waals surface area contributed by atoms with Crippen LogP contribution in [0, 0.1) is 6.92 Å². The lowest BCUT2D eigenvalue weighted by molar-refractivity contribution is -0.115. The summed E-state index contributed by atoms with van der Waals surface area (Å²) in [6, 6.07) is 19.5. The zero-order valence-electron chi connectivity index (χ0n) is 15.0. The number of nitrogens with two attached hydrogens (primary N) is 1. The van der Waals surface area contributed by atoms with E-state index in [1.54, 1.807) is 17.8 Å². The fourth-order valence-corrected chi connectivity index (χ4v) is 4.10. The Morgan fingerprint density at radius 3 is 2.52 bits per heavy atom. The molecule has 0 aliphatic heterocycles. The minimum absolute atomic E-state index is 0.107. The van der Waals surface area contributed by atoms with Crippen LogP contribution in [0.5, 0.6) is 0 Å². The number of carbonyl (C=O) groups excluding carboxylic acids is 1. The zero-order chi connectivity index (χ0) is 19.2. The fourth-order valence-electron chi connectivity index (χ4n) is 2.34. The van der Waals surface area contributed by atoms with E-state index in [0.717, 1.165) is 21.2 Å². The highest BCUT2D eigenvalue weighted by molar-refractivity contribution is 8.00. The standard InChI is InChI=1S/C20H20N4OS2/c1-13-12-18(21)24-20(22-13)26-14(2)19(25)23-16-10-6-7-11-17(16)27-15-8-4-3-5-9-15/h3-12,14H,1-2H3,(H,23,25)(H2,21,22,24). The quantitative estimate of drug-likeness (QED) is 0.467. The van der Waals surface area contributed by atoms with E-state index in [1.165, 1.54) is 11.8 Å². The number of rotatable bonds is 6. The van der Waals surface area contributed by atoms with Crippen molar-refractivity contribution in [3.63, 3.8) is 0 Å². The molecule has 3 aromatic rings. The summed E-state index contributed by atoms with van der Waals surface area (Å²) in [4.78, 5) is 23.3. The highest BCUT2D eigenvalue weighted by Gasteiger charge is 2.18. The Morgan fingerprint density at radius 1 is 1.07 bits per heavy atom. The molecule has 1 unspecified atom stereocenters. The van der Waals surface area contributed by atoms with Crippen LogP contribution in [0.1, 0.15) is 12.6 Å². The number of nitrogen functional groups attached to an aromatic ring is 1. The Kier molecular flexibility index (Phi) is 6.36. The molecule has 27 heavy (non-hydrogen) atoms. The summed E-state index contributed by atoms with van der Waals surface area (Å²) in [5, 5.41) is 3.15. The van der Waals surface area contributed by atoms with Gasteiger partial charge >= 0.3 is 0 Å². The van der Waals surface area contributed by atoms with Gasteiger partial charge in [-0.3, -0.25) is 4.79 Å². The first kappa shape index (κ1) is 19.3. The monoisotopic (exact) mass is 396 g/mol. The van der Waals surface area contributed by atoms with Gasteiger partial charge in [-0.1, -0.05) is 53.9 Å². The second kappa shape index (κ2) is 8.92. The second-order valence-electron chi connectivity index (χ2n) is 5.88. The summed E-state index contributed by atoms with van der Waals surface area (Å²) < 4.78 is 0. The number of aryl methyl sites for hydroxylation is 1. The summed E-state index contributed by atoms with van der Waals surface area (Å²) >= 11 is 2.90. The van der Waals surface area contributed by atoms with Crippen LogP contribution >= 0.6 is 23.5 Å². The van der Waals surface area contributed by atoms with E-state index in [0.29, 0.717) is 11.0 Å². The molecule has 3 rings (SSSR count). The maximum atomic E-state index is 12.7. The number of nitrogens with zero attached hydrogens (tertiary/aromatic N) is 2. The van der Waals surface area contributed by atoms with Gasteiger partial charge in [0.1, 0.15) is 5.82 Å². The van der Waals surface area contributed by atoms with Gasteiger partial charge in [-0.15, -0.1) is 0 Å². The number of amides is 1. The van der Waals surface area contributed by atoms with Crippen LogP contribution in [0.2, 0.25) is 0 Å². The van der Waals surface area contributed by atoms with E-state index in [-0.39, 0.29) is 11.2 Å². The summed E-state index contributed by atoms with van der Waals surface area (Å²) in [6.07, 6.45) is 0. The lowest BCUT2D eigenvalue weighted by Crippen LogP contribution is -2.23. The van der Waals surface area contributed by atoms with Crippen molar-refractivity contribution < 1.29 is 4.79 Å². The van der Waals surface area contributed by atoms with Gasteiger partial charge < -0.3 is 11.1 Å². The van der Waals surface area contributed by atoms with E-state index < -0.39 is 0 Å². The van der Waals surface area contributed by atoms with Crippen molar-refractivity contribution in [3.05, 3.63) is 66.4 Å². The minimum Gasteiger partial charge on any atom is -0.384 e. The number of para-hydroxylation sites is 1. The number of benzene rings is 2. The Bertz CT molecular complexity index is 914. The molecule has 0 aliphatic carbocycles. The highest BCUT2D eigenvalue weighted by Crippen LogP contribution is 2.33. The third-order valence-corrected chi connectivity index (χ3v) is 5.67. The number of carbonyl (C=O) groups is 1.